The van der Waals surface area contributed by atoms with Crippen molar-refractivity contribution in [1.29, 1.82) is 0 Å². The zero-order valence-electron chi connectivity index (χ0n) is 9.37. The number of fused-ring (bicyclic) bond motifs is 1. The molecule has 0 amide bonds. The van der Waals surface area contributed by atoms with Crippen molar-refractivity contribution in [1.82, 2.24) is 14.1 Å². The van der Waals surface area contributed by atoms with Crippen molar-refractivity contribution in [2.75, 3.05) is 0 Å². The number of aryl methyl sites for hydroxylation is 1. The average molecular weight is 225 g/mol. The SMILES string of the molecule is Cn1cc(C(=O)n2ccnc2)c2ccccc21. The summed E-state index contributed by atoms with van der Waals surface area (Å²) in [5.41, 5.74) is 1.75. The highest BCUT2D eigenvalue weighted by atomic mass is 16.2. The van der Waals surface area contributed by atoms with Crippen LogP contribution in [-0.4, -0.2) is 20.0 Å². The fourth-order valence-corrected chi connectivity index (χ4v) is 2.03. The van der Waals surface area contributed by atoms with Gasteiger partial charge in [-0.15, -0.1) is 0 Å². The zero-order chi connectivity index (χ0) is 11.8. The summed E-state index contributed by atoms with van der Waals surface area (Å²) in [5, 5.41) is 0.966. The standard InChI is InChI=1S/C13H11N3O/c1-15-8-11(10-4-2-3-5-12(10)15)13(17)16-7-6-14-9-16/h2-9H,1H3. The van der Waals surface area contributed by atoms with Crippen LogP contribution in [0, 0.1) is 0 Å². The highest BCUT2D eigenvalue weighted by Gasteiger charge is 2.14. The minimum atomic E-state index is -0.0562. The van der Waals surface area contributed by atoms with E-state index in [1.165, 1.54) is 10.9 Å². The number of hydrogen-bond donors (Lipinski definition) is 0. The highest BCUT2D eigenvalue weighted by Crippen LogP contribution is 2.20. The number of hydrogen-bond acceptors (Lipinski definition) is 2. The summed E-state index contributed by atoms with van der Waals surface area (Å²) >= 11 is 0. The molecule has 0 atom stereocenters. The fraction of sp³-hybridized carbons (Fsp3) is 0.0769. The first-order valence-corrected chi connectivity index (χ1v) is 5.34. The Hall–Kier alpha value is -2.36. The number of para-hydroxylation sites is 1. The van der Waals surface area contributed by atoms with E-state index in [1.807, 2.05) is 42.1 Å². The maximum atomic E-state index is 12.2. The number of benzene rings is 1. The molecule has 3 rings (SSSR count). The van der Waals surface area contributed by atoms with Crippen molar-refractivity contribution in [2.45, 2.75) is 0 Å². The lowest BCUT2D eigenvalue weighted by molar-refractivity contribution is 0.0961. The van der Waals surface area contributed by atoms with E-state index in [0.717, 1.165) is 10.9 Å². The van der Waals surface area contributed by atoms with Gasteiger partial charge in [0.2, 0.25) is 0 Å². The van der Waals surface area contributed by atoms with Crippen LogP contribution in [0.5, 0.6) is 0 Å². The van der Waals surface area contributed by atoms with Gasteiger partial charge in [0, 0.05) is 36.5 Å². The quantitative estimate of drug-likeness (QED) is 0.636. The van der Waals surface area contributed by atoms with Crippen LogP contribution in [0.2, 0.25) is 0 Å². The third kappa shape index (κ3) is 1.45. The van der Waals surface area contributed by atoms with E-state index in [-0.39, 0.29) is 5.91 Å². The minimum absolute atomic E-state index is 0.0562. The molecule has 0 bridgehead atoms. The van der Waals surface area contributed by atoms with Crippen LogP contribution < -0.4 is 0 Å². The van der Waals surface area contributed by atoms with Crippen LogP contribution in [0.25, 0.3) is 10.9 Å². The Morgan fingerprint density at radius 1 is 1.29 bits per heavy atom. The number of imidazole rings is 1. The molecular formula is C13H11N3O. The van der Waals surface area contributed by atoms with Gasteiger partial charge < -0.3 is 4.57 Å². The normalized spacial score (nSPS) is 10.9. The molecule has 0 radical (unpaired) electrons. The molecule has 2 heterocycles. The molecule has 0 saturated carbocycles. The number of nitrogens with zero attached hydrogens (tertiary/aromatic N) is 3. The van der Waals surface area contributed by atoms with Crippen LogP contribution in [0.1, 0.15) is 10.4 Å². The third-order valence-corrected chi connectivity index (χ3v) is 2.87. The summed E-state index contributed by atoms with van der Waals surface area (Å²) in [7, 11) is 1.94. The lowest BCUT2D eigenvalue weighted by atomic mass is 10.1. The molecule has 17 heavy (non-hydrogen) atoms. The molecule has 4 nitrogen and oxygen atoms in total. The number of carbonyl (C=O) groups is 1. The first kappa shape index (κ1) is 9.84. The first-order chi connectivity index (χ1) is 8.27. The first-order valence-electron chi connectivity index (χ1n) is 5.34. The Labute approximate surface area is 98.1 Å². The van der Waals surface area contributed by atoms with Crippen LogP contribution in [0.15, 0.2) is 49.2 Å². The summed E-state index contributed by atoms with van der Waals surface area (Å²) in [5.74, 6) is -0.0562. The molecule has 0 aliphatic heterocycles. The topological polar surface area (TPSA) is 39.8 Å². The molecular weight excluding hydrogens is 214 g/mol. The van der Waals surface area contributed by atoms with E-state index < -0.39 is 0 Å². The summed E-state index contributed by atoms with van der Waals surface area (Å²) in [6.07, 6.45) is 6.63. The molecule has 1 aromatic carbocycles. The molecule has 0 spiro atoms. The summed E-state index contributed by atoms with van der Waals surface area (Å²) in [6.45, 7) is 0. The molecule has 3 aromatic rings. The van der Waals surface area contributed by atoms with Crippen molar-refractivity contribution in [3.63, 3.8) is 0 Å². The van der Waals surface area contributed by atoms with Gasteiger partial charge in [-0.1, -0.05) is 18.2 Å². The molecule has 2 aromatic heterocycles. The second-order valence-corrected chi connectivity index (χ2v) is 3.95. The van der Waals surface area contributed by atoms with Crippen molar-refractivity contribution < 1.29 is 4.79 Å². The van der Waals surface area contributed by atoms with Crippen LogP contribution in [0.4, 0.5) is 0 Å². The molecule has 0 N–H and O–H groups in total. The van der Waals surface area contributed by atoms with Gasteiger partial charge in [0.05, 0.1) is 5.56 Å². The largest absolute Gasteiger partial charge is 0.350 e. The van der Waals surface area contributed by atoms with Crippen LogP contribution in [-0.2, 0) is 7.05 Å². The van der Waals surface area contributed by atoms with E-state index in [9.17, 15) is 4.79 Å². The molecule has 0 saturated heterocycles. The summed E-state index contributed by atoms with van der Waals surface area (Å²) in [4.78, 5) is 16.1. The summed E-state index contributed by atoms with van der Waals surface area (Å²) in [6, 6.07) is 7.86. The number of aromatic nitrogens is 3. The molecule has 0 aliphatic carbocycles. The predicted octanol–water partition coefficient (Wildman–Crippen LogP) is 2.06. The second kappa shape index (κ2) is 3.59. The minimum Gasteiger partial charge on any atom is -0.350 e. The molecule has 0 unspecified atom stereocenters. The van der Waals surface area contributed by atoms with Crippen molar-refractivity contribution in [2.24, 2.45) is 7.05 Å². The second-order valence-electron chi connectivity index (χ2n) is 3.95. The lowest BCUT2D eigenvalue weighted by Crippen LogP contribution is -2.08. The van der Waals surface area contributed by atoms with Gasteiger partial charge in [0.25, 0.3) is 5.91 Å². The Balaban J connectivity index is 2.22. The van der Waals surface area contributed by atoms with Gasteiger partial charge in [-0.3, -0.25) is 9.36 Å². The van der Waals surface area contributed by atoms with Crippen molar-refractivity contribution in [3.8, 4) is 0 Å². The van der Waals surface area contributed by atoms with Crippen molar-refractivity contribution in [3.05, 3.63) is 54.7 Å². The van der Waals surface area contributed by atoms with Crippen molar-refractivity contribution >= 4 is 16.8 Å². The van der Waals surface area contributed by atoms with E-state index in [1.54, 1.807) is 12.4 Å². The Morgan fingerprint density at radius 2 is 2.12 bits per heavy atom. The molecule has 4 heteroatoms. The number of carbonyl (C=O) groups excluding carboxylic acids is 1. The third-order valence-electron chi connectivity index (χ3n) is 2.87. The van der Waals surface area contributed by atoms with E-state index >= 15 is 0 Å². The van der Waals surface area contributed by atoms with Gasteiger partial charge in [-0.25, -0.2) is 4.98 Å². The lowest BCUT2D eigenvalue weighted by Gasteiger charge is -1.98. The zero-order valence-corrected chi connectivity index (χ0v) is 9.37. The van der Waals surface area contributed by atoms with E-state index in [0.29, 0.717) is 5.56 Å². The molecule has 0 fully saturated rings. The fourth-order valence-electron chi connectivity index (χ4n) is 2.03. The Kier molecular flexibility index (Phi) is 2.08. The summed E-state index contributed by atoms with van der Waals surface area (Å²) < 4.78 is 3.45. The smallest absolute Gasteiger partial charge is 0.265 e. The Morgan fingerprint density at radius 3 is 2.88 bits per heavy atom. The van der Waals surface area contributed by atoms with Crippen LogP contribution in [0.3, 0.4) is 0 Å². The van der Waals surface area contributed by atoms with Crippen LogP contribution >= 0.6 is 0 Å². The van der Waals surface area contributed by atoms with E-state index in [2.05, 4.69) is 4.98 Å². The van der Waals surface area contributed by atoms with E-state index in [4.69, 9.17) is 0 Å². The highest BCUT2D eigenvalue weighted by molar-refractivity contribution is 6.07. The Bertz CT molecular complexity index is 680. The maximum Gasteiger partial charge on any atom is 0.265 e. The monoisotopic (exact) mass is 225 g/mol. The van der Waals surface area contributed by atoms with Gasteiger partial charge >= 0.3 is 0 Å². The average Bonchev–Trinajstić information content (AvgIpc) is 2.97. The van der Waals surface area contributed by atoms with Gasteiger partial charge in [-0.05, 0) is 6.07 Å². The van der Waals surface area contributed by atoms with Gasteiger partial charge in [-0.2, -0.15) is 0 Å². The number of rotatable bonds is 1. The van der Waals surface area contributed by atoms with Gasteiger partial charge in [0.1, 0.15) is 6.33 Å². The predicted molar refractivity (Wildman–Crippen MR) is 64.9 cm³/mol. The maximum absolute atomic E-state index is 12.2. The molecule has 0 aliphatic rings. The van der Waals surface area contributed by atoms with Gasteiger partial charge in [0.15, 0.2) is 0 Å². The molecule has 84 valence electrons.